The Morgan fingerprint density at radius 2 is 1.90 bits per heavy atom. The molecule has 0 aromatic heterocycles. The standard InChI is InChI=1S/C8H10BN/c1-2-10-8-5-3-7(9)4-6-8/h3-6,10H,2H2,1H3. The van der Waals surface area contributed by atoms with Crippen LogP contribution in [0.1, 0.15) is 6.92 Å². The monoisotopic (exact) mass is 131 g/mol. The molecule has 0 fully saturated rings. The van der Waals surface area contributed by atoms with Gasteiger partial charge in [0.05, 0.1) is 0 Å². The first-order valence-corrected chi connectivity index (χ1v) is 3.42. The zero-order chi connectivity index (χ0) is 7.40. The van der Waals surface area contributed by atoms with E-state index in [1.165, 1.54) is 0 Å². The Hall–Kier alpha value is -0.915. The van der Waals surface area contributed by atoms with Crippen molar-refractivity contribution in [2.24, 2.45) is 0 Å². The van der Waals surface area contributed by atoms with Gasteiger partial charge in [0.1, 0.15) is 7.85 Å². The van der Waals surface area contributed by atoms with Gasteiger partial charge in [-0.3, -0.25) is 0 Å². The molecule has 1 aromatic rings. The lowest BCUT2D eigenvalue weighted by atomic mass is 9.96. The topological polar surface area (TPSA) is 12.0 Å². The second-order valence-electron chi connectivity index (χ2n) is 2.15. The Morgan fingerprint density at radius 3 is 2.40 bits per heavy atom. The average Bonchev–Trinajstić information content (AvgIpc) is 1.95. The fraction of sp³-hybridized carbons (Fsp3) is 0.250. The van der Waals surface area contributed by atoms with Gasteiger partial charge in [-0.05, 0) is 19.1 Å². The van der Waals surface area contributed by atoms with Crippen molar-refractivity contribution >= 4 is 19.0 Å². The van der Waals surface area contributed by atoms with Crippen molar-refractivity contribution in [3.63, 3.8) is 0 Å². The first-order chi connectivity index (χ1) is 4.83. The molecule has 2 radical (unpaired) electrons. The summed E-state index contributed by atoms with van der Waals surface area (Å²) in [5.41, 5.74) is 1.93. The van der Waals surface area contributed by atoms with Crippen molar-refractivity contribution in [3.05, 3.63) is 24.3 Å². The third-order valence-corrected chi connectivity index (χ3v) is 1.29. The zero-order valence-electron chi connectivity index (χ0n) is 6.09. The van der Waals surface area contributed by atoms with Gasteiger partial charge in [0.15, 0.2) is 0 Å². The largest absolute Gasteiger partial charge is 0.385 e. The van der Waals surface area contributed by atoms with Crippen LogP contribution in [0.4, 0.5) is 5.69 Å². The maximum atomic E-state index is 5.50. The normalized spacial score (nSPS) is 9.30. The third-order valence-electron chi connectivity index (χ3n) is 1.29. The highest BCUT2D eigenvalue weighted by molar-refractivity contribution is 6.32. The Bertz CT molecular complexity index is 193. The zero-order valence-corrected chi connectivity index (χ0v) is 6.09. The van der Waals surface area contributed by atoms with E-state index in [-0.39, 0.29) is 0 Å². The SMILES string of the molecule is [B]c1ccc(NCC)cc1. The smallest absolute Gasteiger partial charge is 0.113 e. The van der Waals surface area contributed by atoms with E-state index in [0.29, 0.717) is 0 Å². The molecule has 0 aliphatic carbocycles. The second-order valence-corrected chi connectivity index (χ2v) is 2.15. The Kier molecular flexibility index (Phi) is 2.38. The van der Waals surface area contributed by atoms with Gasteiger partial charge in [0, 0.05) is 12.2 Å². The van der Waals surface area contributed by atoms with E-state index in [2.05, 4.69) is 12.2 Å². The van der Waals surface area contributed by atoms with Crippen LogP contribution in [0, 0.1) is 0 Å². The molecule has 0 heterocycles. The third kappa shape index (κ3) is 1.80. The summed E-state index contributed by atoms with van der Waals surface area (Å²) in [6.07, 6.45) is 0. The van der Waals surface area contributed by atoms with E-state index in [9.17, 15) is 0 Å². The number of anilines is 1. The second kappa shape index (κ2) is 3.30. The molecule has 0 atom stereocenters. The molecule has 0 aliphatic heterocycles. The van der Waals surface area contributed by atoms with E-state index in [0.717, 1.165) is 17.7 Å². The van der Waals surface area contributed by atoms with Gasteiger partial charge in [-0.1, -0.05) is 17.6 Å². The summed E-state index contributed by atoms with van der Waals surface area (Å²) in [5, 5.41) is 3.18. The van der Waals surface area contributed by atoms with Crippen LogP contribution in [0.2, 0.25) is 0 Å². The van der Waals surface area contributed by atoms with Crippen LogP contribution in [0.15, 0.2) is 24.3 Å². The Labute approximate surface area is 62.9 Å². The van der Waals surface area contributed by atoms with Crippen LogP contribution in [0.3, 0.4) is 0 Å². The molecule has 1 aromatic carbocycles. The lowest BCUT2D eigenvalue weighted by Crippen LogP contribution is -2.02. The van der Waals surface area contributed by atoms with Gasteiger partial charge in [-0.25, -0.2) is 0 Å². The predicted octanol–water partition coefficient (Wildman–Crippen LogP) is 0.912. The van der Waals surface area contributed by atoms with E-state index in [1.54, 1.807) is 0 Å². The van der Waals surface area contributed by atoms with Gasteiger partial charge in [0.25, 0.3) is 0 Å². The van der Waals surface area contributed by atoms with Gasteiger partial charge in [-0.2, -0.15) is 0 Å². The molecule has 2 heteroatoms. The van der Waals surface area contributed by atoms with E-state index in [4.69, 9.17) is 7.85 Å². The van der Waals surface area contributed by atoms with E-state index in [1.807, 2.05) is 24.3 Å². The molecule has 1 N–H and O–H groups in total. The Morgan fingerprint density at radius 1 is 1.30 bits per heavy atom. The molecule has 50 valence electrons. The minimum absolute atomic E-state index is 0.807. The van der Waals surface area contributed by atoms with E-state index < -0.39 is 0 Å². The number of hydrogen-bond donors (Lipinski definition) is 1. The van der Waals surface area contributed by atoms with Crippen LogP contribution in [0.25, 0.3) is 0 Å². The molecular weight excluding hydrogens is 121 g/mol. The number of hydrogen-bond acceptors (Lipinski definition) is 1. The molecule has 0 saturated heterocycles. The summed E-state index contributed by atoms with van der Waals surface area (Å²) < 4.78 is 0. The molecule has 10 heavy (non-hydrogen) atoms. The summed E-state index contributed by atoms with van der Waals surface area (Å²) in [6.45, 7) is 3.01. The van der Waals surface area contributed by atoms with Crippen LogP contribution in [-0.4, -0.2) is 14.4 Å². The fourth-order valence-corrected chi connectivity index (χ4v) is 0.805. The van der Waals surface area contributed by atoms with Crippen LogP contribution in [-0.2, 0) is 0 Å². The molecule has 0 spiro atoms. The lowest BCUT2D eigenvalue weighted by molar-refractivity contribution is 1.21. The highest BCUT2D eigenvalue weighted by atomic mass is 14.8. The van der Waals surface area contributed by atoms with Crippen molar-refractivity contribution < 1.29 is 0 Å². The van der Waals surface area contributed by atoms with Gasteiger partial charge < -0.3 is 5.32 Å². The Balaban J connectivity index is 2.69. The molecule has 1 nitrogen and oxygen atoms in total. The molecule has 0 saturated carbocycles. The summed E-state index contributed by atoms with van der Waals surface area (Å²) in [7, 11) is 5.50. The quantitative estimate of drug-likeness (QED) is 0.588. The molecule has 0 unspecified atom stereocenters. The highest BCUT2D eigenvalue weighted by Crippen LogP contribution is 2.01. The minimum atomic E-state index is 0.807. The minimum Gasteiger partial charge on any atom is -0.385 e. The number of benzene rings is 1. The summed E-state index contributed by atoms with van der Waals surface area (Å²) >= 11 is 0. The summed E-state index contributed by atoms with van der Waals surface area (Å²) in [6, 6.07) is 7.72. The van der Waals surface area contributed by atoms with Crippen LogP contribution < -0.4 is 10.8 Å². The average molecular weight is 131 g/mol. The molecule has 0 bridgehead atoms. The highest BCUT2D eigenvalue weighted by Gasteiger charge is 1.85. The van der Waals surface area contributed by atoms with Gasteiger partial charge >= 0.3 is 0 Å². The van der Waals surface area contributed by atoms with Crippen LogP contribution in [0.5, 0.6) is 0 Å². The van der Waals surface area contributed by atoms with Crippen molar-refractivity contribution in [1.29, 1.82) is 0 Å². The molecular formula is C8H10BN. The lowest BCUT2D eigenvalue weighted by Gasteiger charge is -2.01. The first kappa shape index (κ1) is 7.20. The molecule has 1 rings (SSSR count). The van der Waals surface area contributed by atoms with Crippen molar-refractivity contribution in [3.8, 4) is 0 Å². The van der Waals surface area contributed by atoms with Crippen molar-refractivity contribution in [1.82, 2.24) is 0 Å². The number of nitrogens with one attached hydrogen (secondary N) is 1. The molecule has 0 amide bonds. The van der Waals surface area contributed by atoms with Crippen LogP contribution >= 0.6 is 0 Å². The maximum absolute atomic E-state index is 5.50. The maximum Gasteiger partial charge on any atom is 0.113 e. The molecule has 0 aliphatic rings. The predicted molar refractivity (Wildman–Crippen MR) is 46.0 cm³/mol. The van der Waals surface area contributed by atoms with Crippen molar-refractivity contribution in [2.45, 2.75) is 6.92 Å². The summed E-state index contributed by atoms with van der Waals surface area (Å²) in [5.74, 6) is 0. The van der Waals surface area contributed by atoms with Gasteiger partial charge in [0.2, 0.25) is 0 Å². The number of rotatable bonds is 2. The fourth-order valence-electron chi connectivity index (χ4n) is 0.805. The van der Waals surface area contributed by atoms with E-state index >= 15 is 0 Å². The van der Waals surface area contributed by atoms with Gasteiger partial charge in [-0.15, -0.1) is 0 Å². The van der Waals surface area contributed by atoms with Crippen molar-refractivity contribution in [2.75, 3.05) is 11.9 Å². The first-order valence-electron chi connectivity index (χ1n) is 3.42. The summed E-state index contributed by atoms with van der Waals surface area (Å²) in [4.78, 5) is 0.